The van der Waals surface area contributed by atoms with Crippen molar-refractivity contribution in [3.8, 4) is 0 Å². The van der Waals surface area contributed by atoms with Crippen molar-refractivity contribution in [1.82, 2.24) is 10.2 Å². The molecule has 0 bridgehead atoms. The summed E-state index contributed by atoms with van der Waals surface area (Å²) in [4.78, 5) is 16.9. The molecule has 132 valence electrons. The molecule has 2 aromatic carbocycles. The number of rotatable bonds is 3. The van der Waals surface area contributed by atoms with E-state index >= 15 is 0 Å². The van der Waals surface area contributed by atoms with Crippen LogP contribution in [0.2, 0.25) is 0 Å². The molecule has 0 radical (unpaired) electrons. The quantitative estimate of drug-likeness (QED) is 0.922. The zero-order chi connectivity index (χ0) is 17.8. The number of para-hydroxylation sites is 1. The summed E-state index contributed by atoms with van der Waals surface area (Å²) in [6.07, 6.45) is 0. The maximum Gasteiger partial charge on any atom is 0.317 e. The summed E-state index contributed by atoms with van der Waals surface area (Å²) in [7, 11) is 0. The Labute approximate surface area is 150 Å². The first-order valence-corrected chi connectivity index (χ1v) is 8.98. The van der Waals surface area contributed by atoms with Gasteiger partial charge in [-0.25, -0.2) is 4.79 Å². The molecule has 4 heteroatoms. The van der Waals surface area contributed by atoms with Gasteiger partial charge in [-0.1, -0.05) is 48.5 Å². The van der Waals surface area contributed by atoms with E-state index < -0.39 is 0 Å². The lowest BCUT2D eigenvalue weighted by molar-refractivity contribution is 0.191. The van der Waals surface area contributed by atoms with Crippen LogP contribution in [0, 0.1) is 13.8 Å². The van der Waals surface area contributed by atoms with Gasteiger partial charge in [-0.05, 0) is 37.5 Å². The fourth-order valence-corrected chi connectivity index (χ4v) is 3.54. The molecule has 1 heterocycles. The summed E-state index contributed by atoms with van der Waals surface area (Å²) in [6.45, 7) is 9.59. The van der Waals surface area contributed by atoms with E-state index in [1.54, 1.807) is 0 Å². The highest BCUT2D eigenvalue weighted by atomic mass is 16.2. The number of nitrogens with one attached hydrogen (secondary N) is 1. The second-order valence-corrected chi connectivity index (χ2v) is 6.80. The maximum absolute atomic E-state index is 12.6. The Morgan fingerprint density at radius 2 is 1.52 bits per heavy atom. The lowest BCUT2D eigenvalue weighted by atomic mass is 10.1. The average molecular weight is 337 g/mol. The maximum atomic E-state index is 12.6. The molecule has 25 heavy (non-hydrogen) atoms. The van der Waals surface area contributed by atoms with Crippen molar-refractivity contribution < 1.29 is 4.79 Å². The van der Waals surface area contributed by atoms with Crippen molar-refractivity contribution in [3.63, 3.8) is 0 Å². The average Bonchev–Trinajstić information content (AvgIpc) is 2.63. The smallest absolute Gasteiger partial charge is 0.317 e. The Bertz CT molecular complexity index is 701. The number of nitrogens with zero attached hydrogens (tertiary/aromatic N) is 2. The number of anilines is 1. The number of carbonyl (C=O) groups excluding carboxylic acids is 1. The summed E-state index contributed by atoms with van der Waals surface area (Å²) in [5, 5.41) is 3.11. The molecule has 1 N–H and O–H groups in total. The minimum absolute atomic E-state index is 0.0188. The van der Waals surface area contributed by atoms with Crippen LogP contribution in [0.15, 0.2) is 48.5 Å². The topological polar surface area (TPSA) is 35.6 Å². The molecule has 1 saturated heterocycles. The van der Waals surface area contributed by atoms with Gasteiger partial charge in [-0.3, -0.25) is 0 Å². The SMILES string of the molecule is Cc1cccc(C)c1N1CCN(C(=O)NC(C)c2ccccc2)CC1. The van der Waals surface area contributed by atoms with Crippen LogP contribution in [-0.2, 0) is 0 Å². The second kappa shape index (κ2) is 7.60. The number of aryl methyl sites for hydroxylation is 2. The molecule has 1 aliphatic rings. The molecule has 1 fully saturated rings. The highest BCUT2D eigenvalue weighted by Gasteiger charge is 2.23. The largest absolute Gasteiger partial charge is 0.368 e. The first-order valence-electron chi connectivity index (χ1n) is 8.98. The minimum Gasteiger partial charge on any atom is -0.368 e. The van der Waals surface area contributed by atoms with Crippen LogP contribution in [0.25, 0.3) is 0 Å². The van der Waals surface area contributed by atoms with Crippen molar-refractivity contribution in [2.75, 3.05) is 31.1 Å². The molecular weight excluding hydrogens is 310 g/mol. The first kappa shape index (κ1) is 17.3. The Morgan fingerprint density at radius 1 is 0.920 bits per heavy atom. The monoisotopic (exact) mass is 337 g/mol. The van der Waals surface area contributed by atoms with Gasteiger partial charge >= 0.3 is 6.03 Å². The third-order valence-corrected chi connectivity index (χ3v) is 4.96. The fraction of sp³-hybridized carbons (Fsp3) is 0.381. The molecule has 1 aliphatic heterocycles. The van der Waals surface area contributed by atoms with Gasteiger partial charge in [0, 0.05) is 31.9 Å². The van der Waals surface area contributed by atoms with Crippen LogP contribution in [0.4, 0.5) is 10.5 Å². The molecule has 2 amide bonds. The lowest BCUT2D eigenvalue weighted by Gasteiger charge is -2.38. The van der Waals surface area contributed by atoms with E-state index in [0.29, 0.717) is 0 Å². The molecule has 1 unspecified atom stereocenters. The lowest BCUT2D eigenvalue weighted by Crippen LogP contribution is -2.52. The minimum atomic E-state index is 0.0188. The number of hydrogen-bond acceptors (Lipinski definition) is 2. The molecule has 4 nitrogen and oxygen atoms in total. The van der Waals surface area contributed by atoms with Gasteiger partial charge in [0.2, 0.25) is 0 Å². The normalized spacial score (nSPS) is 15.8. The molecular formula is C21H27N3O. The number of amides is 2. The van der Waals surface area contributed by atoms with E-state index in [1.807, 2.05) is 42.2 Å². The van der Waals surface area contributed by atoms with Crippen molar-refractivity contribution in [2.24, 2.45) is 0 Å². The van der Waals surface area contributed by atoms with E-state index in [-0.39, 0.29) is 12.1 Å². The molecule has 2 aromatic rings. The van der Waals surface area contributed by atoms with E-state index in [1.165, 1.54) is 16.8 Å². The Morgan fingerprint density at radius 3 is 2.12 bits per heavy atom. The Hall–Kier alpha value is -2.49. The number of carbonyl (C=O) groups is 1. The van der Waals surface area contributed by atoms with E-state index in [2.05, 4.69) is 42.3 Å². The zero-order valence-electron chi connectivity index (χ0n) is 15.3. The summed E-state index contributed by atoms with van der Waals surface area (Å²) < 4.78 is 0. The van der Waals surface area contributed by atoms with Crippen LogP contribution in [0.5, 0.6) is 0 Å². The second-order valence-electron chi connectivity index (χ2n) is 6.80. The van der Waals surface area contributed by atoms with E-state index in [9.17, 15) is 4.79 Å². The highest BCUT2D eigenvalue weighted by molar-refractivity contribution is 5.75. The van der Waals surface area contributed by atoms with Crippen molar-refractivity contribution in [3.05, 3.63) is 65.2 Å². The van der Waals surface area contributed by atoms with Crippen LogP contribution in [-0.4, -0.2) is 37.1 Å². The Balaban J connectivity index is 1.58. The summed E-state index contributed by atoms with van der Waals surface area (Å²) in [5.74, 6) is 0. The summed E-state index contributed by atoms with van der Waals surface area (Å²) in [5.41, 5.74) is 5.05. The van der Waals surface area contributed by atoms with E-state index in [4.69, 9.17) is 0 Å². The number of piperazine rings is 1. The van der Waals surface area contributed by atoms with Crippen molar-refractivity contribution in [1.29, 1.82) is 0 Å². The number of hydrogen-bond donors (Lipinski definition) is 1. The van der Waals surface area contributed by atoms with Crippen LogP contribution >= 0.6 is 0 Å². The summed E-state index contributed by atoms with van der Waals surface area (Å²) in [6, 6.07) is 16.5. The van der Waals surface area contributed by atoms with Gasteiger partial charge in [-0.15, -0.1) is 0 Å². The summed E-state index contributed by atoms with van der Waals surface area (Å²) >= 11 is 0. The number of benzene rings is 2. The van der Waals surface area contributed by atoms with Crippen molar-refractivity contribution >= 4 is 11.7 Å². The van der Waals surface area contributed by atoms with E-state index in [0.717, 1.165) is 31.7 Å². The van der Waals surface area contributed by atoms with Gasteiger partial charge in [0.1, 0.15) is 0 Å². The first-order chi connectivity index (χ1) is 12.1. The fourth-order valence-electron chi connectivity index (χ4n) is 3.54. The third kappa shape index (κ3) is 3.95. The van der Waals surface area contributed by atoms with Gasteiger partial charge in [0.05, 0.1) is 6.04 Å². The molecule has 3 rings (SSSR count). The van der Waals surface area contributed by atoms with Gasteiger partial charge < -0.3 is 15.1 Å². The van der Waals surface area contributed by atoms with Gasteiger partial charge in [0.25, 0.3) is 0 Å². The van der Waals surface area contributed by atoms with Crippen LogP contribution in [0.3, 0.4) is 0 Å². The van der Waals surface area contributed by atoms with Gasteiger partial charge in [0.15, 0.2) is 0 Å². The van der Waals surface area contributed by atoms with Gasteiger partial charge in [-0.2, -0.15) is 0 Å². The number of urea groups is 1. The zero-order valence-corrected chi connectivity index (χ0v) is 15.3. The molecule has 0 aromatic heterocycles. The molecule has 0 saturated carbocycles. The highest BCUT2D eigenvalue weighted by Crippen LogP contribution is 2.25. The molecule has 0 spiro atoms. The predicted octanol–water partition coefficient (Wildman–Crippen LogP) is 3.90. The standard InChI is InChI=1S/C21H27N3O/c1-16-8-7-9-17(2)20(16)23-12-14-24(15-13-23)21(25)22-18(3)19-10-5-4-6-11-19/h4-11,18H,12-15H2,1-3H3,(H,22,25). The van der Waals surface area contributed by atoms with Crippen LogP contribution in [0.1, 0.15) is 29.7 Å². The third-order valence-electron chi connectivity index (χ3n) is 4.96. The molecule has 1 atom stereocenters. The predicted molar refractivity (Wildman–Crippen MR) is 103 cm³/mol. The molecule has 0 aliphatic carbocycles. The Kier molecular flexibility index (Phi) is 5.27. The van der Waals surface area contributed by atoms with Crippen LogP contribution < -0.4 is 10.2 Å². The van der Waals surface area contributed by atoms with Crippen molar-refractivity contribution in [2.45, 2.75) is 26.8 Å².